The van der Waals surface area contributed by atoms with Crippen LogP contribution in [-0.2, 0) is 6.54 Å². The number of rotatable bonds is 6. The molecule has 1 atom stereocenters. The first-order valence-electron chi connectivity index (χ1n) is 8.58. The van der Waals surface area contributed by atoms with Gasteiger partial charge in [0.2, 0.25) is 0 Å². The van der Waals surface area contributed by atoms with Gasteiger partial charge in [-0.05, 0) is 31.2 Å². The molecule has 27 heavy (non-hydrogen) atoms. The number of aromatic nitrogens is 4. The van der Waals surface area contributed by atoms with Gasteiger partial charge in [-0.2, -0.15) is 5.10 Å². The van der Waals surface area contributed by atoms with Crippen LogP contribution in [-0.4, -0.2) is 20.2 Å². The van der Waals surface area contributed by atoms with E-state index in [1.165, 1.54) is 6.07 Å². The Hall–Kier alpha value is -2.90. The van der Waals surface area contributed by atoms with E-state index in [1.54, 1.807) is 42.1 Å². The molecular weight excluding hydrogens is 361 g/mol. The maximum atomic E-state index is 14.1. The second kappa shape index (κ2) is 7.77. The maximum Gasteiger partial charge on any atom is 0.132 e. The molecule has 0 amide bonds. The average molecular weight is 379 g/mol. The van der Waals surface area contributed by atoms with Gasteiger partial charge in [-0.25, -0.2) is 9.37 Å². The zero-order chi connectivity index (χ0) is 18.6. The molecular formula is C20H18FN5S. The van der Waals surface area contributed by atoms with Crippen molar-refractivity contribution in [3.05, 3.63) is 76.8 Å². The van der Waals surface area contributed by atoms with Crippen LogP contribution in [0.5, 0.6) is 0 Å². The first-order valence-corrected chi connectivity index (χ1v) is 9.46. The van der Waals surface area contributed by atoms with Crippen molar-refractivity contribution in [1.29, 1.82) is 0 Å². The summed E-state index contributed by atoms with van der Waals surface area (Å²) in [6.45, 7) is 2.63. The lowest BCUT2D eigenvalue weighted by molar-refractivity contribution is 0.572. The third-order valence-electron chi connectivity index (χ3n) is 4.33. The minimum atomic E-state index is -0.266. The Balaban J connectivity index is 1.47. The van der Waals surface area contributed by atoms with Crippen LogP contribution in [0.4, 0.5) is 4.39 Å². The highest BCUT2D eigenvalue weighted by atomic mass is 32.1. The van der Waals surface area contributed by atoms with E-state index in [0.29, 0.717) is 17.8 Å². The molecule has 0 fully saturated rings. The van der Waals surface area contributed by atoms with Gasteiger partial charge in [0.1, 0.15) is 10.8 Å². The molecule has 136 valence electrons. The summed E-state index contributed by atoms with van der Waals surface area (Å²) in [6.07, 6.45) is 5.25. The molecule has 7 heteroatoms. The normalized spacial score (nSPS) is 12.2. The van der Waals surface area contributed by atoms with Gasteiger partial charge in [-0.3, -0.25) is 10.1 Å². The number of thiazole rings is 1. The van der Waals surface area contributed by atoms with Crippen molar-refractivity contribution in [2.75, 3.05) is 0 Å². The zero-order valence-electron chi connectivity index (χ0n) is 14.7. The van der Waals surface area contributed by atoms with E-state index < -0.39 is 0 Å². The number of pyridine rings is 1. The average Bonchev–Trinajstić information content (AvgIpc) is 3.37. The van der Waals surface area contributed by atoms with Crippen molar-refractivity contribution in [2.24, 2.45) is 0 Å². The Morgan fingerprint density at radius 3 is 2.81 bits per heavy atom. The highest BCUT2D eigenvalue weighted by Crippen LogP contribution is 2.27. The molecule has 1 aromatic carbocycles. The van der Waals surface area contributed by atoms with Gasteiger partial charge in [-0.15, -0.1) is 11.3 Å². The molecule has 2 N–H and O–H groups in total. The van der Waals surface area contributed by atoms with E-state index in [9.17, 15) is 4.39 Å². The predicted molar refractivity (Wildman–Crippen MR) is 105 cm³/mol. The van der Waals surface area contributed by atoms with Gasteiger partial charge in [0.15, 0.2) is 0 Å². The number of benzene rings is 1. The van der Waals surface area contributed by atoms with Gasteiger partial charge in [0, 0.05) is 41.0 Å². The van der Waals surface area contributed by atoms with Crippen molar-refractivity contribution < 1.29 is 4.39 Å². The fourth-order valence-corrected chi connectivity index (χ4v) is 3.69. The Morgan fingerprint density at radius 2 is 2.00 bits per heavy atom. The topological polar surface area (TPSA) is 66.5 Å². The molecule has 3 heterocycles. The maximum absolute atomic E-state index is 14.1. The molecule has 0 bridgehead atoms. The van der Waals surface area contributed by atoms with E-state index in [4.69, 9.17) is 4.98 Å². The van der Waals surface area contributed by atoms with E-state index >= 15 is 0 Å². The molecule has 4 aromatic rings. The Morgan fingerprint density at radius 1 is 1.19 bits per heavy atom. The molecule has 1 unspecified atom stereocenters. The zero-order valence-corrected chi connectivity index (χ0v) is 15.5. The number of halogens is 1. The second-order valence-corrected chi connectivity index (χ2v) is 7.05. The van der Waals surface area contributed by atoms with E-state index in [1.807, 2.05) is 23.6 Å². The first kappa shape index (κ1) is 17.5. The molecule has 0 aliphatic rings. The highest BCUT2D eigenvalue weighted by molar-refractivity contribution is 7.10. The lowest BCUT2D eigenvalue weighted by Crippen LogP contribution is -2.18. The second-order valence-electron chi connectivity index (χ2n) is 6.16. The summed E-state index contributed by atoms with van der Waals surface area (Å²) in [5, 5.41) is 13.5. The van der Waals surface area contributed by atoms with Crippen molar-refractivity contribution >= 4 is 11.3 Å². The number of nitrogens with one attached hydrogen (secondary N) is 2. The van der Waals surface area contributed by atoms with E-state index in [-0.39, 0.29) is 11.9 Å². The van der Waals surface area contributed by atoms with Gasteiger partial charge in [0.25, 0.3) is 0 Å². The summed E-state index contributed by atoms with van der Waals surface area (Å²) < 4.78 is 14.1. The lowest BCUT2D eigenvalue weighted by Gasteiger charge is -2.11. The van der Waals surface area contributed by atoms with Crippen LogP contribution in [0.3, 0.4) is 0 Å². The summed E-state index contributed by atoms with van der Waals surface area (Å²) in [5.74, 6) is -0.266. The first-order chi connectivity index (χ1) is 13.2. The van der Waals surface area contributed by atoms with E-state index in [0.717, 1.165) is 21.8 Å². The smallest absolute Gasteiger partial charge is 0.132 e. The Bertz CT molecular complexity index is 1030. The monoisotopic (exact) mass is 379 g/mol. The molecule has 4 rings (SSSR count). The molecule has 0 saturated carbocycles. The minimum absolute atomic E-state index is 0.0638. The standard InChI is InChI=1S/C20H18FN5S/c1-13(20-25-18(12-27-20)14-6-8-22-9-7-14)23-10-15-11-24-26-19(15)16-4-2-3-5-17(16)21/h2-9,11-13,23H,10H2,1H3,(H,24,26). The van der Waals surface area contributed by atoms with Crippen LogP contribution in [0.15, 0.2) is 60.4 Å². The minimum Gasteiger partial charge on any atom is -0.304 e. The molecule has 0 saturated heterocycles. The lowest BCUT2D eigenvalue weighted by atomic mass is 10.1. The third kappa shape index (κ3) is 3.79. The quantitative estimate of drug-likeness (QED) is 0.514. The van der Waals surface area contributed by atoms with Crippen LogP contribution >= 0.6 is 11.3 Å². The Labute approximate surface area is 160 Å². The molecule has 0 aliphatic heterocycles. The number of aromatic amines is 1. The van der Waals surface area contributed by atoms with Crippen molar-refractivity contribution in [3.63, 3.8) is 0 Å². The molecule has 3 aromatic heterocycles. The summed E-state index contributed by atoms with van der Waals surface area (Å²) in [5.41, 5.74) is 4.13. The van der Waals surface area contributed by atoms with E-state index in [2.05, 4.69) is 27.4 Å². The fourth-order valence-electron chi connectivity index (χ4n) is 2.83. The van der Waals surface area contributed by atoms with Crippen LogP contribution in [0.2, 0.25) is 0 Å². The van der Waals surface area contributed by atoms with Gasteiger partial charge in [0.05, 0.1) is 23.6 Å². The largest absolute Gasteiger partial charge is 0.304 e. The summed E-state index contributed by atoms with van der Waals surface area (Å²) >= 11 is 1.62. The van der Waals surface area contributed by atoms with Crippen molar-refractivity contribution in [2.45, 2.75) is 19.5 Å². The summed E-state index contributed by atoms with van der Waals surface area (Å²) in [7, 11) is 0. The van der Waals surface area contributed by atoms with Crippen LogP contribution in [0.1, 0.15) is 23.5 Å². The van der Waals surface area contributed by atoms with Crippen LogP contribution in [0, 0.1) is 5.82 Å². The Kier molecular flexibility index (Phi) is 5.04. The summed E-state index contributed by atoms with van der Waals surface area (Å²) in [6, 6.07) is 10.7. The number of hydrogen-bond donors (Lipinski definition) is 2. The van der Waals surface area contributed by atoms with Gasteiger partial charge >= 0.3 is 0 Å². The highest BCUT2D eigenvalue weighted by Gasteiger charge is 2.15. The van der Waals surface area contributed by atoms with Crippen molar-refractivity contribution in [1.82, 2.24) is 25.5 Å². The molecule has 0 spiro atoms. The number of nitrogens with zero attached hydrogens (tertiary/aromatic N) is 3. The summed E-state index contributed by atoms with van der Waals surface area (Å²) in [4.78, 5) is 8.76. The van der Waals surface area contributed by atoms with Crippen molar-refractivity contribution in [3.8, 4) is 22.5 Å². The number of hydrogen-bond acceptors (Lipinski definition) is 5. The number of H-pyrrole nitrogens is 1. The SMILES string of the molecule is CC(NCc1cn[nH]c1-c1ccccc1F)c1nc(-c2ccncc2)cs1. The van der Waals surface area contributed by atoms with Gasteiger partial charge in [-0.1, -0.05) is 12.1 Å². The van der Waals surface area contributed by atoms with Gasteiger partial charge < -0.3 is 5.32 Å². The van der Waals surface area contributed by atoms with Crippen LogP contribution in [0.25, 0.3) is 22.5 Å². The van der Waals surface area contributed by atoms with Crippen LogP contribution < -0.4 is 5.32 Å². The fraction of sp³-hybridized carbons (Fsp3) is 0.150. The molecule has 0 radical (unpaired) electrons. The molecule has 0 aliphatic carbocycles. The predicted octanol–water partition coefficient (Wildman–Crippen LogP) is 4.59. The third-order valence-corrected chi connectivity index (χ3v) is 5.36. The molecule has 5 nitrogen and oxygen atoms in total.